The lowest BCUT2D eigenvalue weighted by atomic mass is 9.97. The predicted octanol–water partition coefficient (Wildman–Crippen LogP) is 6.46. The fourth-order valence-corrected chi connectivity index (χ4v) is 4.17. The number of aryl methyl sites for hydroxylation is 1. The third kappa shape index (κ3) is 3.94. The molecule has 0 fully saturated rings. The second-order valence-corrected chi connectivity index (χ2v) is 8.06. The molecule has 0 spiro atoms. The largest absolute Gasteiger partial charge is 0.238 e. The van der Waals surface area contributed by atoms with E-state index in [0.29, 0.717) is 10.8 Å². The first-order chi connectivity index (χ1) is 15.2. The normalized spacial score (nSPS) is 15.7. The highest BCUT2D eigenvalue weighted by atomic mass is 35.5. The number of nitrogens with zero attached hydrogens (tertiary/aromatic N) is 4. The maximum Gasteiger partial charge on any atom is 0.172 e. The fourth-order valence-electron chi connectivity index (χ4n) is 3.93. The molecule has 1 aliphatic rings. The predicted molar refractivity (Wildman–Crippen MR) is 126 cm³/mol. The molecule has 31 heavy (non-hydrogen) atoms. The van der Waals surface area contributed by atoms with Crippen LogP contribution in [0.1, 0.15) is 29.2 Å². The number of hydrogen-bond acceptors (Lipinski definition) is 4. The number of halogens is 1. The molecule has 3 aromatic carbocycles. The number of hydrazone groups is 1. The molecule has 0 N–H and O–H groups in total. The van der Waals surface area contributed by atoms with Crippen LogP contribution in [0.3, 0.4) is 0 Å². The maximum atomic E-state index is 6.48. The van der Waals surface area contributed by atoms with Crippen molar-refractivity contribution in [3.63, 3.8) is 0 Å². The van der Waals surface area contributed by atoms with Crippen LogP contribution >= 0.6 is 11.6 Å². The van der Waals surface area contributed by atoms with Crippen molar-refractivity contribution >= 4 is 23.1 Å². The van der Waals surface area contributed by atoms with Gasteiger partial charge in [-0.25, -0.2) is 5.01 Å². The molecule has 1 aliphatic heterocycles. The van der Waals surface area contributed by atoms with E-state index in [1.807, 2.05) is 71.7 Å². The highest BCUT2D eigenvalue weighted by Crippen LogP contribution is 2.37. The Labute approximate surface area is 186 Å². The smallest absolute Gasteiger partial charge is 0.172 e. The van der Waals surface area contributed by atoms with Crippen LogP contribution in [-0.2, 0) is 0 Å². The van der Waals surface area contributed by atoms with Gasteiger partial charge < -0.3 is 0 Å². The topological polar surface area (TPSA) is 41.4 Å². The summed E-state index contributed by atoms with van der Waals surface area (Å²) >= 11 is 6.48. The zero-order chi connectivity index (χ0) is 21.2. The van der Waals surface area contributed by atoms with Crippen molar-refractivity contribution in [1.29, 1.82) is 0 Å². The van der Waals surface area contributed by atoms with Gasteiger partial charge in [0.2, 0.25) is 0 Å². The minimum Gasteiger partial charge on any atom is -0.238 e. The number of benzene rings is 3. The monoisotopic (exact) mass is 424 g/mol. The van der Waals surface area contributed by atoms with E-state index < -0.39 is 0 Å². The van der Waals surface area contributed by atoms with E-state index in [1.54, 1.807) is 0 Å². The molecule has 1 unspecified atom stereocenters. The molecule has 1 atom stereocenters. The summed E-state index contributed by atoms with van der Waals surface area (Å²) in [6.45, 7) is 2.10. The van der Waals surface area contributed by atoms with Crippen molar-refractivity contribution in [3.05, 3.63) is 113 Å². The SMILES string of the molecule is Cc1cccc(C2CC(c3ccccc3Cl)=NN2c2ccc(-c3ccccc3)nn2)c1. The van der Waals surface area contributed by atoms with Crippen molar-refractivity contribution in [2.75, 3.05) is 5.01 Å². The molecule has 0 bridgehead atoms. The van der Waals surface area contributed by atoms with Crippen molar-refractivity contribution in [1.82, 2.24) is 10.2 Å². The summed E-state index contributed by atoms with van der Waals surface area (Å²) in [7, 11) is 0. The molecule has 5 rings (SSSR count). The first-order valence-electron chi connectivity index (χ1n) is 10.3. The minimum atomic E-state index is 0.0306. The van der Waals surface area contributed by atoms with Crippen LogP contribution in [0.4, 0.5) is 5.82 Å². The molecule has 152 valence electrons. The van der Waals surface area contributed by atoms with Gasteiger partial charge in [-0.1, -0.05) is 90.0 Å². The standard InChI is InChI=1S/C26H21ClN4/c1-18-8-7-11-20(16-18)25-17-24(21-12-5-6-13-22(21)27)30-31(25)26-15-14-23(28-29-26)19-9-3-2-4-10-19/h2-16,25H,17H2,1H3. The Balaban J connectivity index is 1.54. The van der Waals surface area contributed by atoms with E-state index in [9.17, 15) is 0 Å². The second kappa shape index (κ2) is 8.32. The number of rotatable bonds is 4. The molecule has 5 heteroatoms. The van der Waals surface area contributed by atoms with E-state index in [-0.39, 0.29) is 6.04 Å². The molecule has 0 saturated heterocycles. The Bertz CT molecular complexity index is 1240. The van der Waals surface area contributed by atoms with Crippen molar-refractivity contribution in [2.24, 2.45) is 5.10 Å². The third-order valence-corrected chi connectivity index (χ3v) is 5.81. The van der Waals surface area contributed by atoms with Gasteiger partial charge in [0.25, 0.3) is 0 Å². The van der Waals surface area contributed by atoms with Gasteiger partial charge in [-0.3, -0.25) is 0 Å². The summed E-state index contributed by atoms with van der Waals surface area (Å²) in [5, 5.41) is 16.6. The minimum absolute atomic E-state index is 0.0306. The van der Waals surface area contributed by atoms with Gasteiger partial charge in [0.05, 0.1) is 17.4 Å². The lowest BCUT2D eigenvalue weighted by Gasteiger charge is -2.23. The molecule has 4 nitrogen and oxygen atoms in total. The summed E-state index contributed by atoms with van der Waals surface area (Å²) in [5.41, 5.74) is 6.20. The van der Waals surface area contributed by atoms with Gasteiger partial charge in [-0.2, -0.15) is 5.10 Å². The summed E-state index contributed by atoms with van der Waals surface area (Å²) in [6, 6.07) is 30.4. The van der Waals surface area contributed by atoms with Gasteiger partial charge in [0.15, 0.2) is 5.82 Å². The van der Waals surface area contributed by atoms with E-state index in [0.717, 1.165) is 29.0 Å². The zero-order valence-corrected chi connectivity index (χ0v) is 17.9. The van der Waals surface area contributed by atoms with Crippen LogP contribution in [0.2, 0.25) is 5.02 Å². The van der Waals surface area contributed by atoms with Crippen LogP contribution in [-0.4, -0.2) is 15.9 Å². The van der Waals surface area contributed by atoms with Crippen molar-refractivity contribution < 1.29 is 0 Å². The first kappa shape index (κ1) is 19.5. The van der Waals surface area contributed by atoms with E-state index in [4.69, 9.17) is 16.7 Å². The molecule has 0 aliphatic carbocycles. The van der Waals surface area contributed by atoms with Crippen molar-refractivity contribution in [3.8, 4) is 11.3 Å². The number of anilines is 1. The zero-order valence-electron chi connectivity index (χ0n) is 17.1. The van der Waals surface area contributed by atoms with Gasteiger partial charge in [0.1, 0.15) is 0 Å². The Morgan fingerprint density at radius 3 is 2.39 bits per heavy atom. The van der Waals surface area contributed by atoms with Gasteiger partial charge >= 0.3 is 0 Å². The Kier molecular flexibility index (Phi) is 5.23. The Hall–Kier alpha value is -3.50. The molecular weight excluding hydrogens is 404 g/mol. The molecule has 0 radical (unpaired) electrons. The summed E-state index contributed by atoms with van der Waals surface area (Å²) in [6.07, 6.45) is 0.745. The highest BCUT2D eigenvalue weighted by molar-refractivity contribution is 6.34. The van der Waals surface area contributed by atoms with Crippen molar-refractivity contribution in [2.45, 2.75) is 19.4 Å². The fraction of sp³-hybridized carbons (Fsp3) is 0.115. The van der Waals surface area contributed by atoms with Gasteiger partial charge in [-0.05, 0) is 30.7 Å². The average molecular weight is 425 g/mol. The summed E-state index contributed by atoms with van der Waals surface area (Å²) in [4.78, 5) is 0. The van der Waals surface area contributed by atoms with Crippen LogP contribution in [0, 0.1) is 6.92 Å². The van der Waals surface area contributed by atoms with Crippen LogP contribution in [0.15, 0.2) is 96.1 Å². The molecular formula is C26H21ClN4. The van der Waals surface area contributed by atoms with Crippen LogP contribution in [0.5, 0.6) is 0 Å². The average Bonchev–Trinajstić information content (AvgIpc) is 3.25. The molecule has 2 heterocycles. The van der Waals surface area contributed by atoms with Crippen LogP contribution in [0.25, 0.3) is 11.3 Å². The molecule has 0 saturated carbocycles. The lowest BCUT2D eigenvalue weighted by molar-refractivity contribution is 0.691. The van der Waals surface area contributed by atoms with Gasteiger partial charge in [-0.15, -0.1) is 10.2 Å². The molecule has 0 amide bonds. The second-order valence-electron chi connectivity index (χ2n) is 7.65. The number of hydrogen-bond donors (Lipinski definition) is 0. The van der Waals surface area contributed by atoms with Crippen LogP contribution < -0.4 is 5.01 Å². The molecule has 4 aromatic rings. The highest BCUT2D eigenvalue weighted by Gasteiger charge is 2.31. The maximum absolute atomic E-state index is 6.48. The Morgan fingerprint density at radius 2 is 1.65 bits per heavy atom. The van der Waals surface area contributed by atoms with Gasteiger partial charge in [0, 0.05) is 22.6 Å². The van der Waals surface area contributed by atoms with E-state index >= 15 is 0 Å². The van der Waals surface area contributed by atoms with E-state index in [1.165, 1.54) is 11.1 Å². The Morgan fingerprint density at radius 1 is 0.839 bits per heavy atom. The third-order valence-electron chi connectivity index (χ3n) is 5.48. The summed E-state index contributed by atoms with van der Waals surface area (Å²) < 4.78 is 0. The summed E-state index contributed by atoms with van der Waals surface area (Å²) in [5.74, 6) is 0.716. The lowest BCUT2D eigenvalue weighted by Crippen LogP contribution is -2.20. The number of aromatic nitrogens is 2. The molecule has 1 aromatic heterocycles. The van der Waals surface area contributed by atoms with E-state index in [2.05, 4.69) is 41.4 Å². The quantitative estimate of drug-likeness (QED) is 0.377. The first-order valence-corrected chi connectivity index (χ1v) is 10.6.